The summed E-state index contributed by atoms with van der Waals surface area (Å²) in [6.45, 7) is 0. The van der Waals surface area contributed by atoms with Crippen molar-refractivity contribution in [2.45, 2.75) is 3.79 Å². The average molecular weight is 200 g/mol. The second kappa shape index (κ2) is 3.52. The number of halogens is 4. The van der Waals surface area contributed by atoms with E-state index in [0.717, 1.165) is 11.0 Å². The van der Waals surface area contributed by atoms with Crippen LogP contribution in [0.15, 0.2) is 0 Å². The zero-order valence-corrected chi connectivity index (χ0v) is 6.97. The van der Waals surface area contributed by atoms with E-state index in [4.69, 9.17) is 45.5 Å². The fraction of sp³-hybridized carbons (Fsp3) is 1.00. The van der Waals surface area contributed by atoms with Gasteiger partial charge in [0.2, 0.25) is 3.79 Å². The zero-order chi connectivity index (χ0) is 5.91. The zero-order valence-electron chi connectivity index (χ0n) is 3.13. The molecule has 0 aliphatic carbocycles. The van der Waals surface area contributed by atoms with E-state index >= 15 is 0 Å². The lowest BCUT2D eigenvalue weighted by atomic mass is 10.9. The summed E-state index contributed by atoms with van der Waals surface area (Å²) in [4.78, 5) is 0. The Morgan fingerprint density at radius 1 is 1.29 bits per heavy atom. The van der Waals surface area contributed by atoms with E-state index in [1.807, 2.05) is 0 Å². The first-order valence-electron chi connectivity index (χ1n) is 1.36. The molecule has 0 aliphatic rings. The van der Waals surface area contributed by atoms with Crippen molar-refractivity contribution in [3.63, 3.8) is 0 Å². The summed E-state index contributed by atoms with van der Waals surface area (Å²) in [5.41, 5.74) is 0. The molecule has 0 atom stereocenters. The molecule has 5 heteroatoms. The van der Waals surface area contributed by atoms with Gasteiger partial charge in [-0.15, -0.1) is 0 Å². The third-order valence-corrected chi connectivity index (χ3v) is 1.96. The SMILES string of the molecule is ClSCC(Cl)(Cl)Cl. The largest absolute Gasteiger partial charge is 0.200 e. The Labute approximate surface area is 65.9 Å². The third kappa shape index (κ3) is 7.51. The van der Waals surface area contributed by atoms with Gasteiger partial charge in [-0.05, 0) is 10.7 Å². The molecule has 0 fully saturated rings. The van der Waals surface area contributed by atoms with Gasteiger partial charge < -0.3 is 0 Å². The summed E-state index contributed by atoms with van der Waals surface area (Å²) >= 11 is 15.8. The molecule has 44 valence electrons. The van der Waals surface area contributed by atoms with Gasteiger partial charge in [0.05, 0.1) is 5.75 Å². The maximum absolute atomic E-state index is 5.26. The molecule has 0 amide bonds. The maximum atomic E-state index is 5.26. The van der Waals surface area contributed by atoms with Gasteiger partial charge in [0.15, 0.2) is 0 Å². The van der Waals surface area contributed by atoms with Crippen LogP contribution in [0.5, 0.6) is 0 Å². The smallest absolute Gasteiger partial charge is 0.0827 e. The summed E-state index contributed by atoms with van der Waals surface area (Å²) in [5, 5.41) is 0. The number of hydrogen-bond donors (Lipinski definition) is 0. The minimum Gasteiger partial charge on any atom is -0.0827 e. The van der Waals surface area contributed by atoms with Gasteiger partial charge in [-0.2, -0.15) is 0 Å². The lowest BCUT2D eigenvalue weighted by Crippen LogP contribution is -2.03. The van der Waals surface area contributed by atoms with Gasteiger partial charge in [0.1, 0.15) is 0 Å². The van der Waals surface area contributed by atoms with Crippen molar-refractivity contribution in [1.29, 1.82) is 0 Å². The minimum absolute atomic E-state index is 0.319. The van der Waals surface area contributed by atoms with Crippen molar-refractivity contribution in [3.05, 3.63) is 0 Å². The van der Waals surface area contributed by atoms with Crippen LogP contribution >= 0.6 is 56.5 Å². The van der Waals surface area contributed by atoms with Crippen LogP contribution in [0.25, 0.3) is 0 Å². The molecule has 0 radical (unpaired) electrons. The highest BCUT2D eigenvalue weighted by atomic mass is 35.7. The van der Waals surface area contributed by atoms with Crippen molar-refractivity contribution in [2.75, 3.05) is 5.75 Å². The fourth-order valence-electron chi connectivity index (χ4n) is 0.0619. The fourth-order valence-corrected chi connectivity index (χ4v) is 1.67. The molecule has 0 unspecified atom stereocenters. The van der Waals surface area contributed by atoms with Crippen LogP contribution in [-0.2, 0) is 0 Å². The van der Waals surface area contributed by atoms with Crippen molar-refractivity contribution in [3.8, 4) is 0 Å². The van der Waals surface area contributed by atoms with Crippen molar-refractivity contribution < 1.29 is 0 Å². The van der Waals surface area contributed by atoms with Crippen LogP contribution in [0.2, 0.25) is 0 Å². The molecule has 0 aromatic heterocycles. The van der Waals surface area contributed by atoms with E-state index in [1.54, 1.807) is 0 Å². The topological polar surface area (TPSA) is 0 Å². The van der Waals surface area contributed by atoms with Crippen LogP contribution in [0.4, 0.5) is 0 Å². The first kappa shape index (κ1) is 8.51. The second-order valence-corrected chi connectivity index (χ2v) is 4.55. The molecule has 0 heterocycles. The molecular formula is C2H2Cl4S. The van der Waals surface area contributed by atoms with Crippen molar-refractivity contribution in [1.82, 2.24) is 0 Å². The van der Waals surface area contributed by atoms with Gasteiger partial charge in [0.25, 0.3) is 0 Å². The highest BCUT2D eigenvalue weighted by Gasteiger charge is 2.18. The molecule has 0 rings (SSSR count). The second-order valence-electron chi connectivity index (χ2n) is 0.869. The van der Waals surface area contributed by atoms with E-state index in [-0.39, 0.29) is 0 Å². The lowest BCUT2D eigenvalue weighted by Gasteiger charge is -2.04. The molecule has 0 saturated heterocycles. The molecular weight excluding hydrogens is 198 g/mol. The predicted molar refractivity (Wildman–Crippen MR) is 38.6 cm³/mol. The van der Waals surface area contributed by atoms with Crippen LogP contribution in [0, 0.1) is 0 Å². The quantitative estimate of drug-likeness (QED) is 0.585. The molecule has 0 saturated carbocycles. The van der Waals surface area contributed by atoms with Crippen LogP contribution in [0.1, 0.15) is 0 Å². The molecule has 0 aromatic carbocycles. The van der Waals surface area contributed by atoms with Gasteiger partial charge in [-0.25, -0.2) is 0 Å². The number of rotatable bonds is 1. The average Bonchev–Trinajstić information content (AvgIpc) is 1.30. The monoisotopic (exact) mass is 198 g/mol. The number of hydrogen-bond acceptors (Lipinski definition) is 1. The summed E-state index contributed by atoms with van der Waals surface area (Å²) in [6.07, 6.45) is 0. The van der Waals surface area contributed by atoms with Crippen LogP contribution in [-0.4, -0.2) is 9.55 Å². The van der Waals surface area contributed by atoms with Crippen LogP contribution in [0.3, 0.4) is 0 Å². The molecule has 7 heavy (non-hydrogen) atoms. The normalized spacial score (nSPS) is 12.0. The highest BCUT2D eigenvalue weighted by Crippen LogP contribution is 2.31. The maximum Gasteiger partial charge on any atom is 0.200 e. The Balaban J connectivity index is 3.15. The minimum atomic E-state index is -1.20. The predicted octanol–water partition coefficient (Wildman–Crippen LogP) is 3.24. The van der Waals surface area contributed by atoms with Gasteiger partial charge >= 0.3 is 0 Å². The van der Waals surface area contributed by atoms with Crippen molar-refractivity contribution in [2.24, 2.45) is 0 Å². The Morgan fingerprint density at radius 3 is 1.71 bits per heavy atom. The molecule has 0 bridgehead atoms. The first-order chi connectivity index (χ1) is 3.06. The van der Waals surface area contributed by atoms with Gasteiger partial charge in [-0.3, -0.25) is 0 Å². The van der Waals surface area contributed by atoms with E-state index in [0.29, 0.717) is 5.75 Å². The van der Waals surface area contributed by atoms with Gasteiger partial charge in [-0.1, -0.05) is 45.8 Å². The van der Waals surface area contributed by atoms with Crippen LogP contribution < -0.4 is 0 Å². The van der Waals surface area contributed by atoms with Crippen molar-refractivity contribution >= 4 is 56.5 Å². The summed E-state index contributed by atoms with van der Waals surface area (Å²) in [6, 6.07) is 0. The van der Waals surface area contributed by atoms with E-state index < -0.39 is 3.79 Å². The lowest BCUT2D eigenvalue weighted by molar-refractivity contribution is 1.30. The van der Waals surface area contributed by atoms with E-state index in [9.17, 15) is 0 Å². The third-order valence-electron chi connectivity index (χ3n) is 0.218. The summed E-state index contributed by atoms with van der Waals surface area (Å²) in [5.74, 6) is 0.319. The Hall–Kier alpha value is 1.51. The molecule has 0 nitrogen and oxygen atoms in total. The molecule has 0 aromatic rings. The van der Waals surface area contributed by atoms with E-state index in [2.05, 4.69) is 0 Å². The molecule has 0 aliphatic heterocycles. The Bertz CT molecular complexity index is 48.1. The summed E-state index contributed by atoms with van der Waals surface area (Å²) in [7, 11) is 6.13. The standard InChI is InChI=1S/C2H2Cl4S/c3-2(4,5)1-7-6/h1H2. The Kier molecular flexibility index (Phi) is 4.28. The number of alkyl halides is 3. The molecule has 0 N–H and O–H groups in total. The van der Waals surface area contributed by atoms with E-state index in [1.165, 1.54) is 0 Å². The highest BCUT2D eigenvalue weighted by molar-refractivity contribution is 8.21. The molecule has 0 spiro atoms. The first-order valence-corrected chi connectivity index (χ1v) is 4.31. The summed E-state index contributed by atoms with van der Waals surface area (Å²) < 4.78 is -1.20. The Morgan fingerprint density at radius 2 is 1.71 bits per heavy atom. The van der Waals surface area contributed by atoms with Gasteiger partial charge in [0, 0.05) is 0 Å².